The molecule has 1 aliphatic rings. The number of benzene rings is 1. The molecule has 1 aromatic heterocycles. The minimum Gasteiger partial charge on any atom is -0.325 e. The van der Waals surface area contributed by atoms with Gasteiger partial charge in [-0.05, 0) is 24.8 Å². The molecule has 1 unspecified atom stereocenters. The topological polar surface area (TPSA) is 99.8 Å². The second-order valence-electron chi connectivity index (χ2n) is 5.47. The molecular formula is C16H19N5O2S. The van der Waals surface area contributed by atoms with Gasteiger partial charge in [0, 0.05) is 12.1 Å². The summed E-state index contributed by atoms with van der Waals surface area (Å²) in [6.45, 7) is 3.50. The summed E-state index contributed by atoms with van der Waals surface area (Å²) in [7, 11) is 0. The van der Waals surface area contributed by atoms with Crippen LogP contribution in [0.3, 0.4) is 0 Å². The predicted octanol–water partition coefficient (Wildman–Crippen LogP) is 1.49. The molecule has 7 nitrogen and oxygen atoms in total. The van der Waals surface area contributed by atoms with Gasteiger partial charge in [0.2, 0.25) is 5.91 Å². The number of H-pyrrole nitrogens is 1. The third-order valence-electron chi connectivity index (χ3n) is 3.83. The molecule has 0 saturated carbocycles. The van der Waals surface area contributed by atoms with Gasteiger partial charge in [0.15, 0.2) is 10.9 Å². The molecule has 8 heteroatoms. The van der Waals surface area contributed by atoms with Gasteiger partial charge in [0.25, 0.3) is 5.56 Å². The van der Waals surface area contributed by atoms with Crippen molar-refractivity contribution in [3.05, 3.63) is 34.6 Å². The Morgan fingerprint density at radius 2 is 2.21 bits per heavy atom. The van der Waals surface area contributed by atoms with Crippen LogP contribution in [0.4, 0.5) is 5.69 Å². The number of aromatic nitrogens is 3. The van der Waals surface area contributed by atoms with Crippen LogP contribution in [-0.4, -0.2) is 39.9 Å². The fourth-order valence-electron chi connectivity index (χ4n) is 2.61. The summed E-state index contributed by atoms with van der Waals surface area (Å²) in [5.74, 6) is 0.701. The van der Waals surface area contributed by atoms with Crippen LogP contribution in [0.25, 0.3) is 11.3 Å². The van der Waals surface area contributed by atoms with Crippen LogP contribution in [0, 0.1) is 5.92 Å². The first-order valence-electron chi connectivity index (χ1n) is 7.89. The molecule has 0 spiro atoms. The summed E-state index contributed by atoms with van der Waals surface area (Å²) in [6.07, 6.45) is 0.817. The molecule has 1 aromatic carbocycles. The van der Waals surface area contributed by atoms with Crippen molar-refractivity contribution in [1.29, 1.82) is 0 Å². The Hall–Kier alpha value is -2.19. The van der Waals surface area contributed by atoms with E-state index in [0.29, 0.717) is 23.0 Å². The average molecular weight is 345 g/mol. The minimum atomic E-state index is -0.315. The second kappa shape index (κ2) is 7.59. The Bertz CT molecular complexity index is 786. The number of anilines is 1. The Morgan fingerprint density at radius 3 is 2.92 bits per heavy atom. The summed E-state index contributed by atoms with van der Waals surface area (Å²) in [5.41, 5.74) is 1.03. The summed E-state index contributed by atoms with van der Waals surface area (Å²) >= 11 is 1.42. The fraction of sp³-hybridized carbons (Fsp3) is 0.375. The van der Waals surface area contributed by atoms with Crippen LogP contribution in [0.5, 0.6) is 0 Å². The molecule has 0 aliphatic carbocycles. The maximum Gasteiger partial charge on any atom is 0.278 e. The van der Waals surface area contributed by atoms with Gasteiger partial charge in [-0.15, -0.1) is 10.2 Å². The van der Waals surface area contributed by atoms with E-state index in [2.05, 4.69) is 25.8 Å². The van der Waals surface area contributed by atoms with Crippen LogP contribution in [0.15, 0.2) is 34.2 Å². The number of hydrogen-bond acceptors (Lipinski definition) is 6. The molecular weight excluding hydrogens is 326 g/mol. The lowest BCUT2D eigenvalue weighted by Crippen LogP contribution is -2.25. The minimum absolute atomic E-state index is 0.0463. The maximum absolute atomic E-state index is 12.3. The van der Waals surface area contributed by atoms with E-state index in [0.717, 1.165) is 18.7 Å². The van der Waals surface area contributed by atoms with E-state index >= 15 is 0 Å². The number of para-hydroxylation sites is 1. The van der Waals surface area contributed by atoms with Crippen LogP contribution in [0.2, 0.25) is 0 Å². The van der Waals surface area contributed by atoms with E-state index in [4.69, 9.17) is 0 Å². The molecule has 1 atom stereocenters. The lowest BCUT2D eigenvalue weighted by molar-refractivity contribution is -0.119. The van der Waals surface area contributed by atoms with Gasteiger partial charge in [-0.1, -0.05) is 36.9 Å². The SMILES string of the molecule is CCSc1nnc(-c2ccccc2NC(=O)C2CCNC2)c(=O)[nH]1. The maximum atomic E-state index is 12.3. The molecule has 2 aromatic rings. The molecule has 3 N–H and O–H groups in total. The summed E-state index contributed by atoms with van der Waals surface area (Å²) in [5, 5.41) is 14.7. The third-order valence-corrected chi connectivity index (χ3v) is 4.57. The first-order chi connectivity index (χ1) is 11.7. The van der Waals surface area contributed by atoms with Gasteiger partial charge in [-0.25, -0.2) is 0 Å². The van der Waals surface area contributed by atoms with Crippen molar-refractivity contribution in [1.82, 2.24) is 20.5 Å². The van der Waals surface area contributed by atoms with Crippen molar-refractivity contribution in [3.63, 3.8) is 0 Å². The number of hydrogen-bond donors (Lipinski definition) is 3. The molecule has 126 valence electrons. The molecule has 24 heavy (non-hydrogen) atoms. The number of thioether (sulfide) groups is 1. The first-order valence-corrected chi connectivity index (χ1v) is 8.88. The van der Waals surface area contributed by atoms with E-state index in [1.165, 1.54) is 11.8 Å². The van der Waals surface area contributed by atoms with E-state index in [1.54, 1.807) is 18.2 Å². The number of amides is 1. The van der Waals surface area contributed by atoms with E-state index in [1.807, 2.05) is 13.0 Å². The molecule has 0 bridgehead atoms. The monoisotopic (exact) mass is 345 g/mol. The Morgan fingerprint density at radius 1 is 1.38 bits per heavy atom. The molecule has 3 rings (SSSR count). The molecule has 1 fully saturated rings. The van der Waals surface area contributed by atoms with Crippen LogP contribution >= 0.6 is 11.8 Å². The number of carbonyl (C=O) groups excluding carboxylic acids is 1. The van der Waals surface area contributed by atoms with E-state index < -0.39 is 0 Å². The quantitative estimate of drug-likeness (QED) is 0.710. The summed E-state index contributed by atoms with van der Waals surface area (Å²) in [4.78, 5) is 27.4. The van der Waals surface area contributed by atoms with Gasteiger partial charge >= 0.3 is 0 Å². The van der Waals surface area contributed by atoms with Crippen molar-refractivity contribution in [2.75, 3.05) is 24.2 Å². The number of nitrogens with one attached hydrogen (secondary N) is 3. The lowest BCUT2D eigenvalue weighted by Gasteiger charge is -2.13. The molecule has 1 saturated heterocycles. The number of rotatable bonds is 5. The molecule has 2 heterocycles. The van der Waals surface area contributed by atoms with Crippen molar-refractivity contribution >= 4 is 23.4 Å². The van der Waals surface area contributed by atoms with Crippen molar-refractivity contribution in [2.45, 2.75) is 18.5 Å². The highest BCUT2D eigenvalue weighted by Crippen LogP contribution is 2.25. The Kier molecular flexibility index (Phi) is 5.27. The zero-order valence-corrected chi connectivity index (χ0v) is 14.2. The highest BCUT2D eigenvalue weighted by Gasteiger charge is 2.23. The summed E-state index contributed by atoms with van der Waals surface area (Å²) in [6, 6.07) is 7.15. The predicted molar refractivity (Wildman–Crippen MR) is 94.1 cm³/mol. The van der Waals surface area contributed by atoms with Gasteiger partial charge in [-0.2, -0.15) is 0 Å². The third kappa shape index (κ3) is 3.65. The largest absolute Gasteiger partial charge is 0.325 e. The summed E-state index contributed by atoms with van der Waals surface area (Å²) < 4.78 is 0. The molecule has 0 radical (unpaired) electrons. The van der Waals surface area contributed by atoms with Crippen molar-refractivity contribution in [3.8, 4) is 11.3 Å². The van der Waals surface area contributed by atoms with Gasteiger partial charge in [0.1, 0.15) is 0 Å². The fourth-order valence-corrected chi connectivity index (χ4v) is 3.15. The normalized spacial score (nSPS) is 17.0. The zero-order chi connectivity index (χ0) is 16.9. The second-order valence-corrected chi connectivity index (χ2v) is 6.72. The standard InChI is InChI=1S/C16H19N5O2S/c1-2-24-16-19-15(23)13(20-21-16)11-5-3-4-6-12(11)18-14(22)10-7-8-17-9-10/h3-6,10,17H,2,7-9H2,1H3,(H,18,22)(H,19,21,23). The highest BCUT2D eigenvalue weighted by molar-refractivity contribution is 7.99. The van der Waals surface area contributed by atoms with E-state index in [-0.39, 0.29) is 23.1 Å². The van der Waals surface area contributed by atoms with Gasteiger partial charge < -0.3 is 10.6 Å². The van der Waals surface area contributed by atoms with Crippen LogP contribution in [-0.2, 0) is 4.79 Å². The zero-order valence-electron chi connectivity index (χ0n) is 13.3. The molecule has 1 aliphatic heterocycles. The Balaban J connectivity index is 1.89. The molecule has 1 amide bonds. The van der Waals surface area contributed by atoms with Crippen molar-refractivity contribution < 1.29 is 4.79 Å². The van der Waals surface area contributed by atoms with Crippen LogP contribution in [0.1, 0.15) is 13.3 Å². The lowest BCUT2D eigenvalue weighted by atomic mass is 10.1. The van der Waals surface area contributed by atoms with Gasteiger partial charge in [0.05, 0.1) is 11.6 Å². The Labute approximate surface area is 143 Å². The number of aromatic amines is 1. The van der Waals surface area contributed by atoms with Crippen molar-refractivity contribution in [2.24, 2.45) is 5.92 Å². The first kappa shape index (κ1) is 16.7. The van der Waals surface area contributed by atoms with Gasteiger partial charge in [-0.3, -0.25) is 14.6 Å². The smallest absolute Gasteiger partial charge is 0.278 e. The number of carbonyl (C=O) groups is 1. The number of nitrogens with zero attached hydrogens (tertiary/aromatic N) is 2. The highest BCUT2D eigenvalue weighted by atomic mass is 32.2. The van der Waals surface area contributed by atoms with Crippen LogP contribution < -0.4 is 16.2 Å². The average Bonchev–Trinajstić information content (AvgIpc) is 3.11. The van der Waals surface area contributed by atoms with E-state index in [9.17, 15) is 9.59 Å².